The molecule has 0 bridgehead atoms. The van der Waals surface area contributed by atoms with Gasteiger partial charge in [-0.3, -0.25) is 14.9 Å². The summed E-state index contributed by atoms with van der Waals surface area (Å²) < 4.78 is 64.3. The Bertz CT molecular complexity index is 1120. The molecule has 2 aromatic carbocycles. The topological polar surface area (TPSA) is 130 Å². The van der Waals surface area contributed by atoms with Crippen molar-refractivity contribution >= 4 is 33.0 Å². The van der Waals surface area contributed by atoms with Gasteiger partial charge in [0.1, 0.15) is 5.69 Å². The van der Waals surface area contributed by atoms with Gasteiger partial charge in [0.15, 0.2) is 0 Å². The van der Waals surface area contributed by atoms with Crippen LogP contribution in [0.15, 0.2) is 55.1 Å². The molecule has 178 valence electrons. The fourth-order valence-corrected chi connectivity index (χ4v) is 3.79. The molecule has 0 spiro atoms. The van der Waals surface area contributed by atoms with Gasteiger partial charge in [0.05, 0.1) is 16.2 Å². The lowest BCUT2D eigenvalue weighted by atomic mass is 10.1. The molecular formula is C20H21F3N4O5S. The van der Waals surface area contributed by atoms with E-state index in [2.05, 4.69) is 21.9 Å². The number of anilines is 2. The summed E-state index contributed by atoms with van der Waals surface area (Å²) >= 11 is 0. The number of sulfonamides is 1. The Hall–Kier alpha value is -3.45. The summed E-state index contributed by atoms with van der Waals surface area (Å²) in [5.74, 6) is -0.699. The number of nitrogens with zero attached hydrogens (tertiary/aromatic N) is 1. The highest BCUT2D eigenvalue weighted by molar-refractivity contribution is 7.88. The molecule has 0 fully saturated rings. The van der Waals surface area contributed by atoms with Crippen LogP contribution in [0, 0.1) is 10.1 Å². The van der Waals surface area contributed by atoms with Crippen molar-refractivity contribution in [3.05, 3.63) is 76.4 Å². The molecule has 0 aliphatic heterocycles. The lowest BCUT2D eigenvalue weighted by molar-refractivity contribution is -0.384. The van der Waals surface area contributed by atoms with Crippen LogP contribution >= 0.6 is 0 Å². The largest absolute Gasteiger partial charge is 0.416 e. The van der Waals surface area contributed by atoms with E-state index in [9.17, 15) is 36.5 Å². The van der Waals surface area contributed by atoms with Gasteiger partial charge in [-0.2, -0.15) is 13.2 Å². The van der Waals surface area contributed by atoms with Gasteiger partial charge in [-0.25, -0.2) is 13.1 Å². The SMILES string of the molecule is C=CCNS(=O)(=O)Cc1ccc(NC(=O)CCNc2ccc(C(F)(F)F)cc2[N+](=O)[O-])cc1. The molecule has 0 aliphatic rings. The molecule has 1 amide bonds. The Balaban J connectivity index is 1.91. The molecule has 33 heavy (non-hydrogen) atoms. The van der Waals surface area contributed by atoms with Crippen molar-refractivity contribution in [1.82, 2.24) is 4.72 Å². The normalized spacial score (nSPS) is 11.6. The number of nitro groups is 1. The van der Waals surface area contributed by atoms with Crippen LogP contribution in [0.25, 0.3) is 0 Å². The molecular weight excluding hydrogens is 465 g/mol. The maximum Gasteiger partial charge on any atom is 0.416 e. The lowest BCUT2D eigenvalue weighted by Crippen LogP contribution is -2.25. The summed E-state index contributed by atoms with van der Waals surface area (Å²) in [5, 5.41) is 16.2. The van der Waals surface area contributed by atoms with Crippen molar-refractivity contribution in [1.29, 1.82) is 0 Å². The Morgan fingerprint density at radius 1 is 1.15 bits per heavy atom. The van der Waals surface area contributed by atoms with E-state index in [1.807, 2.05) is 0 Å². The fourth-order valence-electron chi connectivity index (χ4n) is 2.68. The van der Waals surface area contributed by atoms with Crippen LogP contribution < -0.4 is 15.4 Å². The summed E-state index contributed by atoms with van der Waals surface area (Å²) in [6.07, 6.45) is -3.43. The van der Waals surface area contributed by atoms with Gasteiger partial charge in [0.25, 0.3) is 5.69 Å². The van der Waals surface area contributed by atoms with Gasteiger partial charge in [-0.05, 0) is 29.8 Å². The number of alkyl halides is 3. The van der Waals surface area contributed by atoms with Crippen LogP contribution in [0.2, 0.25) is 0 Å². The molecule has 3 N–H and O–H groups in total. The lowest BCUT2D eigenvalue weighted by Gasteiger charge is -2.11. The number of hydrogen-bond acceptors (Lipinski definition) is 6. The Morgan fingerprint density at radius 2 is 1.82 bits per heavy atom. The number of carbonyl (C=O) groups excluding carboxylic acids is 1. The number of amides is 1. The number of halogens is 3. The monoisotopic (exact) mass is 486 g/mol. The van der Waals surface area contributed by atoms with Crippen LogP contribution in [-0.2, 0) is 26.7 Å². The highest BCUT2D eigenvalue weighted by Gasteiger charge is 2.33. The molecule has 0 unspecified atom stereocenters. The predicted molar refractivity (Wildman–Crippen MR) is 117 cm³/mol. The zero-order valence-corrected chi connectivity index (χ0v) is 18.0. The molecule has 0 aromatic heterocycles. The van der Waals surface area contributed by atoms with E-state index in [4.69, 9.17) is 0 Å². The van der Waals surface area contributed by atoms with Crippen molar-refractivity contribution in [2.45, 2.75) is 18.3 Å². The van der Waals surface area contributed by atoms with Gasteiger partial charge in [-0.15, -0.1) is 6.58 Å². The summed E-state index contributed by atoms with van der Waals surface area (Å²) in [6.45, 7) is 3.48. The van der Waals surface area contributed by atoms with Gasteiger partial charge in [-0.1, -0.05) is 18.2 Å². The molecule has 2 rings (SSSR count). The quantitative estimate of drug-likeness (QED) is 0.252. The third-order valence-corrected chi connectivity index (χ3v) is 5.55. The maximum absolute atomic E-state index is 12.8. The molecule has 0 heterocycles. The first kappa shape index (κ1) is 25.8. The Labute approximate surface area is 187 Å². The first-order valence-corrected chi connectivity index (χ1v) is 11.1. The molecule has 9 nitrogen and oxygen atoms in total. The number of carbonyl (C=O) groups is 1. The average molecular weight is 486 g/mol. The summed E-state index contributed by atoms with van der Waals surface area (Å²) in [4.78, 5) is 22.2. The van der Waals surface area contributed by atoms with E-state index < -0.39 is 38.3 Å². The van der Waals surface area contributed by atoms with Crippen molar-refractivity contribution in [2.75, 3.05) is 23.7 Å². The molecule has 13 heteroatoms. The summed E-state index contributed by atoms with van der Waals surface area (Å²) in [5.41, 5.74) is -1.14. The third-order valence-electron chi connectivity index (χ3n) is 4.23. The van der Waals surface area contributed by atoms with Gasteiger partial charge >= 0.3 is 6.18 Å². The van der Waals surface area contributed by atoms with E-state index in [-0.39, 0.29) is 31.0 Å². The first-order valence-electron chi connectivity index (χ1n) is 9.48. The van der Waals surface area contributed by atoms with Crippen LogP contribution in [0.1, 0.15) is 17.5 Å². The van der Waals surface area contributed by atoms with E-state index >= 15 is 0 Å². The van der Waals surface area contributed by atoms with E-state index in [1.165, 1.54) is 30.3 Å². The van der Waals surface area contributed by atoms with E-state index in [1.54, 1.807) is 0 Å². The van der Waals surface area contributed by atoms with Crippen LogP contribution in [-0.4, -0.2) is 32.3 Å². The smallest absolute Gasteiger partial charge is 0.379 e. The van der Waals surface area contributed by atoms with Crippen molar-refractivity contribution in [2.24, 2.45) is 0 Å². The van der Waals surface area contributed by atoms with Gasteiger partial charge in [0, 0.05) is 31.3 Å². The minimum absolute atomic E-state index is 0.0661. The first-order chi connectivity index (χ1) is 15.4. The highest BCUT2D eigenvalue weighted by atomic mass is 32.2. The van der Waals surface area contributed by atoms with Crippen LogP contribution in [0.5, 0.6) is 0 Å². The van der Waals surface area contributed by atoms with Gasteiger partial charge in [0.2, 0.25) is 15.9 Å². The molecule has 0 aliphatic carbocycles. The minimum Gasteiger partial charge on any atom is -0.379 e. The van der Waals surface area contributed by atoms with E-state index in [0.717, 1.165) is 6.07 Å². The zero-order valence-electron chi connectivity index (χ0n) is 17.2. The van der Waals surface area contributed by atoms with Gasteiger partial charge < -0.3 is 10.6 Å². The third kappa shape index (κ3) is 8.20. The van der Waals surface area contributed by atoms with Crippen molar-refractivity contribution in [3.63, 3.8) is 0 Å². The van der Waals surface area contributed by atoms with Crippen LogP contribution in [0.4, 0.5) is 30.2 Å². The number of nitro benzene ring substituents is 1. The number of hydrogen-bond donors (Lipinski definition) is 3. The minimum atomic E-state index is -4.72. The second-order valence-corrected chi connectivity index (χ2v) is 8.61. The van der Waals surface area contributed by atoms with Crippen molar-refractivity contribution < 1.29 is 31.3 Å². The second-order valence-electron chi connectivity index (χ2n) is 6.80. The van der Waals surface area contributed by atoms with Crippen molar-refractivity contribution in [3.8, 4) is 0 Å². The standard InChI is InChI=1S/C20H21F3N4O5S/c1-2-10-25-33(31,32)13-14-3-6-16(7-4-14)26-19(28)9-11-24-17-8-5-15(20(21,22)23)12-18(17)27(29)30/h2-8,12,24-25H,1,9-11,13H2,(H,26,28). The highest BCUT2D eigenvalue weighted by Crippen LogP contribution is 2.34. The Kier molecular flexibility index (Phi) is 8.54. The molecule has 0 saturated heterocycles. The molecule has 0 saturated carbocycles. The second kappa shape index (κ2) is 10.9. The number of rotatable bonds is 11. The zero-order chi connectivity index (χ0) is 24.6. The van der Waals surface area contributed by atoms with E-state index in [0.29, 0.717) is 23.4 Å². The molecule has 0 atom stereocenters. The molecule has 2 aromatic rings. The number of nitrogens with one attached hydrogen (secondary N) is 3. The fraction of sp³-hybridized carbons (Fsp3) is 0.250. The predicted octanol–water partition coefficient (Wildman–Crippen LogP) is 3.66. The average Bonchev–Trinajstić information content (AvgIpc) is 2.73. The number of benzene rings is 2. The van der Waals surface area contributed by atoms with Crippen LogP contribution in [0.3, 0.4) is 0 Å². The summed E-state index contributed by atoms with van der Waals surface area (Å²) in [7, 11) is -3.52. The summed E-state index contributed by atoms with van der Waals surface area (Å²) in [6, 6.07) is 8.19. The maximum atomic E-state index is 12.8. The molecule has 0 radical (unpaired) electrons. The Morgan fingerprint density at radius 3 is 2.39 bits per heavy atom.